The quantitative estimate of drug-likeness (QED) is 0.788. The third kappa shape index (κ3) is 2.11. The zero-order chi connectivity index (χ0) is 11.5. The molecule has 2 N–H and O–H groups in total. The first-order valence-corrected chi connectivity index (χ1v) is 5.24. The Labute approximate surface area is 93.3 Å². The van der Waals surface area contributed by atoms with Gasteiger partial charge in [0.2, 0.25) is 5.65 Å². The van der Waals surface area contributed by atoms with E-state index >= 15 is 0 Å². The van der Waals surface area contributed by atoms with Gasteiger partial charge in [-0.3, -0.25) is 4.40 Å². The molecule has 0 saturated carbocycles. The Kier molecular flexibility index (Phi) is 3.00. The van der Waals surface area contributed by atoms with E-state index in [0.29, 0.717) is 18.0 Å². The molecule has 86 valence electrons. The number of nitrogens with zero attached hydrogens (tertiary/aromatic N) is 4. The number of anilines is 1. The maximum atomic E-state index is 9.68. The Morgan fingerprint density at radius 1 is 1.50 bits per heavy atom. The molecule has 0 spiro atoms. The zero-order valence-corrected chi connectivity index (χ0v) is 9.33. The van der Waals surface area contributed by atoms with E-state index in [-0.39, 0.29) is 5.92 Å². The molecule has 0 aliphatic carbocycles. The maximum absolute atomic E-state index is 9.68. The van der Waals surface area contributed by atoms with Crippen molar-refractivity contribution < 1.29 is 5.11 Å². The Morgan fingerprint density at radius 3 is 3.06 bits per heavy atom. The summed E-state index contributed by atoms with van der Waals surface area (Å²) < 4.78 is 1.77. The predicted octanol–water partition coefficient (Wildman–Crippen LogP) is 0.553. The summed E-state index contributed by atoms with van der Waals surface area (Å²) >= 11 is 0. The summed E-state index contributed by atoms with van der Waals surface area (Å²) in [6.07, 6.45) is 4.66. The van der Waals surface area contributed by atoms with Crippen LogP contribution in [0.5, 0.6) is 0 Å². The molecule has 0 fully saturated rings. The normalized spacial score (nSPS) is 13.2. The molecule has 0 aromatic carbocycles. The van der Waals surface area contributed by atoms with Gasteiger partial charge in [-0.05, 0) is 5.92 Å². The van der Waals surface area contributed by atoms with Gasteiger partial charge in [0, 0.05) is 18.9 Å². The van der Waals surface area contributed by atoms with Crippen LogP contribution < -0.4 is 5.32 Å². The molecule has 6 nitrogen and oxygen atoms in total. The summed E-state index contributed by atoms with van der Waals surface area (Å²) in [4.78, 5) is 4.16. The lowest BCUT2D eigenvalue weighted by Gasteiger charge is -2.15. The molecule has 2 rings (SSSR count). The van der Waals surface area contributed by atoms with Crippen molar-refractivity contribution in [3.63, 3.8) is 0 Å². The average molecular weight is 221 g/mol. The predicted molar refractivity (Wildman–Crippen MR) is 60.1 cm³/mol. The van der Waals surface area contributed by atoms with Crippen LogP contribution in [-0.4, -0.2) is 37.3 Å². The summed E-state index contributed by atoms with van der Waals surface area (Å²) in [5.41, 5.74) is 0.665. The monoisotopic (exact) mass is 221 g/mol. The third-order valence-electron chi connectivity index (χ3n) is 2.46. The van der Waals surface area contributed by atoms with Crippen molar-refractivity contribution in [1.29, 1.82) is 0 Å². The number of fused-ring (bicyclic) bond motifs is 1. The van der Waals surface area contributed by atoms with Gasteiger partial charge in [-0.1, -0.05) is 13.8 Å². The van der Waals surface area contributed by atoms with Gasteiger partial charge in [-0.15, -0.1) is 10.2 Å². The molecular weight excluding hydrogens is 206 g/mol. The number of hydrogen-bond acceptors (Lipinski definition) is 5. The first kappa shape index (κ1) is 10.8. The Bertz CT molecular complexity index is 467. The Balaban J connectivity index is 2.12. The van der Waals surface area contributed by atoms with Gasteiger partial charge in [-0.25, -0.2) is 4.98 Å². The lowest BCUT2D eigenvalue weighted by Crippen LogP contribution is -2.25. The Morgan fingerprint density at radius 2 is 2.31 bits per heavy atom. The molecule has 1 unspecified atom stereocenters. The van der Waals surface area contributed by atoms with E-state index in [1.54, 1.807) is 23.1 Å². The van der Waals surface area contributed by atoms with E-state index in [2.05, 4.69) is 20.5 Å². The fourth-order valence-electron chi connectivity index (χ4n) is 1.32. The highest BCUT2D eigenvalue weighted by Crippen LogP contribution is 2.10. The van der Waals surface area contributed by atoms with E-state index in [0.717, 1.165) is 0 Å². The van der Waals surface area contributed by atoms with Gasteiger partial charge in [-0.2, -0.15) is 0 Å². The largest absolute Gasteiger partial charge is 0.391 e. The van der Waals surface area contributed by atoms with Gasteiger partial charge in [0.25, 0.3) is 0 Å². The van der Waals surface area contributed by atoms with Gasteiger partial charge >= 0.3 is 0 Å². The Hall–Kier alpha value is -1.69. The van der Waals surface area contributed by atoms with Crippen molar-refractivity contribution in [2.75, 3.05) is 11.9 Å². The number of aliphatic hydroxyl groups excluding tert-OH is 1. The van der Waals surface area contributed by atoms with Gasteiger partial charge in [0.05, 0.1) is 6.10 Å². The maximum Gasteiger partial charge on any atom is 0.203 e. The van der Waals surface area contributed by atoms with Crippen LogP contribution >= 0.6 is 0 Å². The molecule has 2 heterocycles. The van der Waals surface area contributed by atoms with Crippen LogP contribution in [-0.2, 0) is 0 Å². The molecule has 6 heteroatoms. The fraction of sp³-hybridized carbons (Fsp3) is 0.500. The van der Waals surface area contributed by atoms with Crippen molar-refractivity contribution >= 4 is 11.5 Å². The highest BCUT2D eigenvalue weighted by Gasteiger charge is 2.10. The zero-order valence-electron chi connectivity index (χ0n) is 9.33. The molecule has 0 aliphatic rings. The fourth-order valence-corrected chi connectivity index (χ4v) is 1.32. The molecule has 2 aromatic heterocycles. The highest BCUT2D eigenvalue weighted by atomic mass is 16.3. The minimum Gasteiger partial charge on any atom is -0.391 e. The molecule has 0 radical (unpaired) electrons. The van der Waals surface area contributed by atoms with E-state index < -0.39 is 6.10 Å². The average Bonchev–Trinajstić information content (AvgIpc) is 2.73. The molecule has 0 bridgehead atoms. The summed E-state index contributed by atoms with van der Waals surface area (Å²) in [5, 5.41) is 20.5. The van der Waals surface area contributed by atoms with E-state index in [1.807, 2.05) is 13.8 Å². The molecule has 2 aromatic rings. The molecule has 0 amide bonds. The standard InChI is InChI=1S/C10H15N5O/c1-7(2)8(16)5-12-9-10-14-13-6-15(10)4-3-11-9/h3-4,6-8,16H,5H2,1-2H3,(H,11,12). The molecule has 0 aliphatic heterocycles. The topological polar surface area (TPSA) is 75.3 Å². The second-order valence-corrected chi connectivity index (χ2v) is 4.03. The van der Waals surface area contributed by atoms with Gasteiger partial charge in [0.1, 0.15) is 6.33 Å². The number of aromatic nitrogens is 4. The lowest BCUT2D eigenvalue weighted by molar-refractivity contribution is 0.138. The molecule has 1 atom stereocenters. The van der Waals surface area contributed by atoms with Crippen LogP contribution in [0.1, 0.15) is 13.8 Å². The second-order valence-electron chi connectivity index (χ2n) is 4.03. The highest BCUT2D eigenvalue weighted by molar-refractivity contribution is 5.61. The van der Waals surface area contributed by atoms with Crippen molar-refractivity contribution in [2.45, 2.75) is 20.0 Å². The van der Waals surface area contributed by atoms with Crippen LogP contribution in [0, 0.1) is 5.92 Å². The van der Waals surface area contributed by atoms with E-state index in [4.69, 9.17) is 0 Å². The smallest absolute Gasteiger partial charge is 0.203 e. The SMILES string of the molecule is CC(C)C(O)CNc1nccn2cnnc12. The number of hydrogen-bond donors (Lipinski definition) is 2. The summed E-state index contributed by atoms with van der Waals surface area (Å²) in [5.74, 6) is 0.852. The van der Waals surface area contributed by atoms with E-state index in [1.165, 1.54) is 0 Å². The molecule has 0 saturated heterocycles. The van der Waals surface area contributed by atoms with Gasteiger partial charge in [0.15, 0.2) is 5.82 Å². The van der Waals surface area contributed by atoms with E-state index in [9.17, 15) is 5.11 Å². The van der Waals surface area contributed by atoms with Crippen molar-refractivity contribution in [3.8, 4) is 0 Å². The van der Waals surface area contributed by atoms with Crippen molar-refractivity contribution in [3.05, 3.63) is 18.7 Å². The number of rotatable bonds is 4. The molecule has 16 heavy (non-hydrogen) atoms. The van der Waals surface area contributed by atoms with Crippen LogP contribution in [0.15, 0.2) is 18.7 Å². The minimum absolute atomic E-state index is 0.213. The van der Waals surface area contributed by atoms with Gasteiger partial charge < -0.3 is 10.4 Å². The van der Waals surface area contributed by atoms with Crippen molar-refractivity contribution in [1.82, 2.24) is 19.6 Å². The van der Waals surface area contributed by atoms with Crippen molar-refractivity contribution in [2.24, 2.45) is 5.92 Å². The first-order chi connectivity index (χ1) is 7.68. The summed E-state index contributed by atoms with van der Waals surface area (Å²) in [7, 11) is 0. The number of aliphatic hydroxyl groups is 1. The molecular formula is C10H15N5O. The number of nitrogens with one attached hydrogen (secondary N) is 1. The minimum atomic E-state index is -0.398. The van der Waals surface area contributed by atoms with Crippen LogP contribution in [0.3, 0.4) is 0 Å². The summed E-state index contributed by atoms with van der Waals surface area (Å²) in [6.45, 7) is 4.39. The third-order valence-corrected chi connectivity index (χ3v) is 2.46. The van der Waals surface area contributed by atoms with Crippen LogP contribution in [0.4, 0.5) is 5.82 Å². The van der Waals surface area contributed by atoms with Crippen LogP contribution in [0.2, 0.25) is 0 Å². The first-order valence-electron chi connectivity index (χ1n) is 5.24. The van der Waals surface area contributed by atoms with Crippen LogP contribution in [0.25, 0.3) is 5.65 Å². The summed E-state index contributed by atoms with van der Waals surface area (Å²) in [6, 6.07) is 0. The lowest BCUT2D eigenvalue weighted by atomic mass is 10.1. The second kappa shape index (κ2) is 4.44.